The van der Waals surface area contributed by atoms with Crippen molar-refractivity contribution in [2.24, 2.45) is 0 Å². The van der Waals surface area contributed by atoms with E-state index in [1.807, 2.05) is 0 Å². The summed E-state index contributed by atoms with van der Waals surface area (Å²) in [5, 5.41) is 10.0. The molecule has 0 fully saturated rings. The normalized spacial score (nSPS) is 12.8. The third kappa shape index (κ3) is 2.35. The second-order valence-electron chi connectivity index (χ2n) is 3.00. The minimum atomic E-state index is -0.521. The third-order valence-electron chi connectivity index (χ3n) is 1.90. The lowest BCUT2D eigenvalue weighted by Crippen LogP contribution is -2.05. The maximum Gasteiger partial charge on any atom is 0.306 e. The van der Waals surface area contributed by atoms with Crippen molar-refractivity contribution < 1.29 is 19.1 Å². The lowest BCUT2D eigenvalue weighted by atomic mass is 10.2. The summed E-state index contributed by atoms with van der Waals surface area (Å²) in [7, 11) is 0. The monoisotopic (exact) mass is 211 g/mol. The molecular weight excluding hydrogens is 202 g/mol. The van der Waals surface area contributed by atoms with E-state index in [0.717, 1.165) is 5.56 Å². The van der Waals surface area contributed by atoms with Crippen molar-refractivity contribution in [2.75, 3.05) is 13.5 Å². The van der Waals surface area contributed by atoms with Crippen LogP contribution in [0, 0.1) is 10.1 Å². The highest BCUT2D eigenvalue weighted by Crippen LogP contribution is 2.32. The Morgan fingerprint density at radius 2 is 2.20 bits per heavy atom. The summed E-state index contributed by atoms with van der Waals surface area (Å²) < 4.78 is 15.1. The van der Waals surface area contributed by atoms with Crippen molar-refractivity contribution in [1.29, 1.82) is 0 Å². The van der Waals surface area contributed by atoms with Gasteiger partial charge in [0.2, 0.25) is 6.79 Å². The Balaban J connectivity index is 1.95. The van der Waals surface area contributed by atoms with E-state index in [9.17, 15) is 10.1 Å². The molecule has 15 heavy (non-hydrogen) atoms. The first-order chi connectivity index (χ1) is 7.25. The van der Waals surface area contributed by atoms with Gasteiger partial charge in [0.25, 0.3) is 0 Å². The Kier molecular flexibility index (Phi) is 2.68. The number of nitrogens with zero attached hydrogens (tertiary/aromatic N) is 1. The van der Waals surface area contributed by atoms with E-state index in [0.29, 0.717) is 11.5 Å². The van der Waals surface area contributed by atoms with Crippen LogP contribution in [0.4, 0.5) is 0 Å². The van der Waals surface area contributed by atoms with Crippen LogP contribution in [-0.4, -0.2) is 18.4 Å². The predicted octanol–water partition coefficient (Wildman–Crippen LogP) is 1.17. The highest BCUT2D eigenvalue weighted by Gasteiger charge is 2.13. The Labute approximate surface area is 85.5 Å². The van der Waals surface area contributed by atoms with Crippen LogP contribution in [0.25, 0.3) is 0 Å². The van der Waals surface area contributed by atoms with Crippen molar-refractivity contribution >= 4 is 0 Å². The van der Waals surface area contributed by atoms with Gasteiger partial charge in [-0.05, 0) is 17.7 Å². The third-order valence-corrected chi connectivity index (χ3v) is 1.90. The molecule has 0 saturated carbocycles. The number of fused-ring (bicyclic) bond motifs is 1. The summed E-state index contributed by atoms with van der Waals surface area (Å²) in [5.74, 6) is 1.34. The Morgan fingerprint density at radius 1 is 1.40 bits per heavy atom. The Hall–Kier alpha value is -1.82. The fraction of sp³-hybridized carbons (Fsp3) is 0.333. The molecule has 1 aliphatic rings. The SMILES string of the molecule is O=[N+]([O-])COCc1ccc2c(c1)OCO2. The summed E-state index contributed by atoms with van der Waals surface area (Å²) in [6.45, 7) is -0.0827. The predicted molar refractivity (Wildman–Crippen MR) is 49.2 cm³/mol. The zero-order chi connectivity index (χ0) is 10.7. The molecule has 0 spiro atoms. The maximum absolute atomic E-state index is 10.0. The van der Waals surface area contributed by atoms with Gasteiger partial charge in [0.15, 0.2) is 11.5 Å². The average Bonchev–Trinajstić information content (AvgIpc) is 2.64. The van der Waals surface area contributed by atoms with E-state index in [4.69, 9.17) is 14.2 Å². The second-order valence-corrected chi connectivity index (χ2v) is 3.00. The molecule has 0 saturated heterocycles. The molecule has 0 aliphatic carbocycles. The highest BCUT2D eigenvalue weighted by atomic mass is 16.7. The Bertz CT molecular complexity index is 379. The standard InChI is InChI=1S/C9H9NO5/c11-10(12)5-13-4-7-1-2-8-9(3-7)15-6-14-8/h1-3H,4-6H2. The topological polar surface area (TPSA) is 70.8 Å². The van der Waals surface area contributed by atoms with Crippen LogP contribution in [0.15, 0.2) is 18.2 Å². The number of hydrogen-bond donors (Lipinski definition) is 0. The van der Waals surface area contributed by atoms with Crippen molar-refractivity contribution in [3.63, 3.8) is 0 Å². The van der Waals surface area contributed by atoms with E-state index in [1.165, 1.54) is 0 Å². The van der Waals surface area contributed by atoms with Gasteiger partial charge in [0.05, 0.1) is 6.61 Å². The Morgan fingerprint density at radius 3 is 3.00 bits per heavy atom. The maximum atomic E-state index is 10.0. The summed E-state index contributed by atoms with van der Waals surface area (Å²) in [6.07, 6.45) is 0. The molecule has 0 bridgehead atoms. The molecule has 0 radical (unpaired) electrons. The van der Waals surface area contributed by atoms with Gasteiger partial charge in [-0.15, -0.1) is 0 Å². The molecule has 0 amide bonds. The van der Waals surface area contributed by atoms with Crippen LogP contribution in [0.1, 0.15) is 5.56 Å². The van der Waals surface area contributed by atoms with Gasteiger partial charge in [-0.3, -0.25) is 10.1 Å². The van der Waals surface area contributed by atoms with E-state index in [-0.39, 0.29) is 13.4 Å². The van der Waals surface area contributed by atoms with E-state index in [1.54, 1.807) is 18.2 Å². The lowest BCUT2D eigenvalue weighted by Gasteiger charge is -2.01. The fourth-order valence-electron chi connectivity index (χ4n) is 1.27. The first kappa shape index (κ1) is 9.72. The molecule has 0 N–H and O–H groups in total. The molecule has 0 aromatic heterocycles. The first-order valence-electron chi connectivity index (χ1n) is 4.34. The molecule has 80 valence electrons. The lowest BCUT2D eigenvalue weighted by molar-refractivity contribution is -0.527. The first-order valence-corrected chi connectivity index (χ1v) is 4.34. The molecule has 1 aliphatic heterocycles. The summed E-state index contributed by atoms with van der Waals surface area (Å²) in [6, 6.07) is 5.29. The number of hydrogen-bond acceptors (Lipinski definition) is 5. The van der Waals surface area contributed by atoms with E-state index < -0.39 is 11.7 Å². The van der Waals surface area contributed by atoms with Crippen LogP contribution >= 0.6 is 0 Å². The molecule has 1 heterocycles. The number of rotatable bonds is 4. The van der Waals surface area contributed by atoms with Crippen LogP contribution in [0.3, 0.4) is 0 Å². The molecule has 0 unspecified atom stereocenters. The van der Waals surface area contributed by atoms with Crippen LogP contribution < -0.4 is 9.47 Å². The molecule has 2 rings (SSSR count). The number of ether oxygens (including phenoxy) is 3. The van der Waals surface area contributed by atoms with Gasteiger partial charge in [-0.1, -0.05) is 6.07 Å². The van der Waals surface area contributed by atoms with Gasteiger partial charge in [0.1, 0.15) is 0 Å². The van der Waals surface area contributed by atoms with Crippen LogP contribution in [-0.2, 0) is 11.3 Å². The van der Waals surface area contributed by atoms with Gasteiger partial charge < -0.3 is 14.2 Å². The minimum absolute atomic E-state index is 0.192. The van der Waals surface area contributed by atoms with Crippen molar-refractivity contribution in [3.05, 3.63) is 33.9 Å². The van der Waals surface area contributed by atoms with Gasteiger partial charge in [0, 0.05) is 4.92 Å². The molecule has 6 nitrogen and oxygen atoms in total. The molecule has 6 heteroatoms. The van der Waals surface area contributed by atoms with Crippen molar-refractivity contribution in [1.82, 2.24) is 0 Å². The van der Waals surface area contributed by atoms with Crippen molar-refractivity contribution in [2.45, 2.75) is 6.61 Å². The molecule has 0 atom stereocenters. The quantitative estimate of drug-likeness (QED) is 0.424. The van der Waals surface area contributed by atoms with Gasteiger partial charge in [-0.2, -0.15) is 0 Å². The number of benzene rings is 1. The largest absolute Gasteiger partial charge is 0.454 e. The molecule has 1 aromatic rings. The minimum Gasteiger partial charge on any atom is -0.454 e. The highest BCUT2D eigenvalue weighted by molar-refractivity contribution is 5.44. The van der Waals surface area contributed by atoms with E-state index in [2.05, 4.69) is 0 Å². The zero-order valence-corrected chi connectivity index (χ0v) is 7.84. The number of nitro groups is 1. The van der Waals surface area contributed by atoms with Crippen molar-refractivity contribution in [3.8, 4) is 11.5 Å². The van der Waals surface area contributed by atoms with Crippen LogP contribution in [0.2, 0.25) is 0 Å². The fourth-order valence-corrected chi connectivity index (χ4v) is 1.27. The smallest absolute Gasteiger partial charge is 0.306 e. The summed E-state index contributed by atoms with van der Waals surface area (Å²) in [5.41, 5.74) is 0.820. The zero-order valence-electron chi connectivity index (χ0n) is 7.84. The average molecular weight is 211 g/mol. The second kappa shape index (κ2) is 4.14. The van der Waals surface area contributed by atoms with Gasteiger partial charge in [-0.25, -0.2) is 0 Å². The molecular formula is C9H9NO5. The molecule has 1 aromatic carbocycles. The summed E-state index contributed by atoms with van der Waals surface area (Å²) >= 11 is 0. The van der Waals surface area contributed by atoms with Crippen LogP contribution in [0.5, 0.6) is 11.5 Å². The summed E-state index contributed by atoms with van der Waals surface area (Å²) in [4.78, 5) is 9.49. The van der Waals surface area contributed by atoms with Gasteiger partial charge >= 0.3 is 6.73 Å². The van der Waals surface area contributed by atoms with E-state index >= 15 is 0 Å².